The van der Waals surface area contributed by atoms with Crippen molar-refractivity contribution in [2.24, 2.45) is 0 Å². The number of hydrogen-bond donors (Lipinski definition) is 0. The Bertz CT molecular complexity index is 456. The minimum atomic E-state index is 0.249. The summed E-state index contributed by atoms with van der Waals surface area (Å²) in [5, 5.41) is 0. The standard InChI is InChI=1S/C18H27NO3/c1-14(15-5-7-16(20-2)8-6-15)12-19-9-11-22-18(13-19)17-4-3-10-21-17/h5-8,14,17-18H,3-4,9-13H2,1-2H3/t14-,17+,18-/m1/s1. The van der Waals surface area contributed by atoms with Gasteiger partial charge in [0.25, 0.3) is 0 Å². The molecule has 4 heteroatoms. The molecule has 0 bridgehead atoms. The predicted octanol–water partition coefficient (Wildman–Crippen LogP) is 2.68. The first-order chi connectivity index (χ1) is 10.8. The zero-order valence-electron chi connectivity index (χ0n) is 13.7. The molecule has 1 aromatic carbocycles. The molecular weight excluding hydrogens is 278 g/mol. The van der Waals surface area contributed by atoms with Crippen molar-refractivity contribution in [3.8, 4) is 5.75 Å². The summed E-state index contributed by atoms with van der Waals surface area (Å²) in [6.45, 7) is 7.08. The van der Waals surface area contributed by atoms with Gasteiger partial charge in [-0.05, 0) is 36.5 Å². The topological polar surface area (TPSA) is 30.9 Å². The van der Waals surface area contributed by atoms with Crippen LogP contribution in [0, 0.1) is 0 Å². The maximum Gasteiger partial charge on any atom is 0.118 e. The summed E-state index contributed by atoms with van der Waals surface area (Å²) in [5.74, 6) is 1.43. The third kappa shape index (κ3) is 3.80. The van der Waals surface area contributed by atoms with Gasteiger partial charge < -0.3 is 14.2 Å². The fourth-order valence-electron chi connectivity index (χ4n) is 3.44. The maximum atomic E-state index is 5.93. The van der Waals surface area contributed by atoms with E-state index in [1.807, 2.05) is 12.1 Å². The highest BCUT2D eigenvalue weighted by atomic mass is 16.5. The Hall–Kier alpha value is -1.10. The molecule has 2 aliphatic rings. The van der Waals surface area contributed by atoms with Crippen molar-refractivity contribution in [1.29, 1.82) is 0 Å². The summed E-state index contributed by atoms with van der Waals surface area (Å²) in [5.41, 5.74) is 1.36. The Balaban J connectivity index is 1.54. The summed E-state index contributed by atoms with van der Waals surface area (Å²) in [6.07, 6.45) is 2.87. The molecule has 2 aliphatic heterocycles. The van der Waals surface area contributed by atoms with Crippen LogP contribution < -0.4 is 4.74 Å². The van der Waals surface area contributed by atoms with E-state index < -0.39 is 0 Å². The molecular formula is C18H27NO3. The van der Waals surface area contributed by atoms with Crippen LogP contribution in [0.2, 0.25) is 0 Å². The van der Waals surface area contributed by atoms with Crippen molar-refractivity contribution in [3.05, 3.63) is 29.8 Å². The lowest BCUT2D eigenvalue weighted by Gasteiger charge is -2.36. The molecule has 1 aromatic rings. The molecule has 22 heavy (non-hydrogen) atoms. The summed E-state index contributed by atoms with van der Waals surface area (Å²) in [6, 6.07) is 8.42. The van der Waals surface area contributed by atoms with Gasteiger partial charge in [-0.15, -0.1) is 0 Å². The van der Waals surface area contributed by atoms with Crippen LogP contribution in [0.15, 0.2) is 24.3 Å². The van der Waals surface area contributed by atoms with Gasteiger partial charge in [-0.1, -0.05) is 19.1 Å². The van der Waals surface area contributed by atoms with Gasteiger partial charge >= 0.3 is 0 Å². The van der Waals surface area contributed by atoms with Gasteiger partial charge in [0.05, 0.1) is 25.9 Å². The van der Waals surface area contributed by atoms with E-state index in [2.05, 4.69) is 24.0 Å². The van der Waals surface area contributed by atoms with E-state index >= 15 is 0 Å². The molecule has 122 valence electrons. The van der Waals surface area contributed by atoms with Crippen LogP contribution in [0.4, 0.5) is 0 Å². The van der Waals surface area contributed by atoms with Crippen LogP contribution in [0.1, 0.15) is 31.2 Å². The molecule has 0 saturated carbocycles. The minimum Gasteiger partial charge on any atom is -0.497 e. The largest absolute Gasteiger partial charge is 0.497 e. The van der Waals surface area contributed by atoms with Gasteiger partial charge in [0.15, 0.2) is 0 Å². The molecule has 0 aliphatic carbocycles. The average molecular weight is 305 g/mol. The third-order valence-electron chi connectivity index (χ3n) is 4.77. The molecule has 0 amide bonds. The fourth-order valence-corrected chi connectivity index (χ4v) is 3.44. The van der Waals surface area contributed by atoms with Crippen LogP contribution in [0.25, 0.3) is 0 Å². The van der Waals surface area contributed by atoms with E-state index in [-0.39, 0.29) is 6.10 Å². The van der Waals surface area contributed by atoms with Crippen LogP contribution in [0.5, 0.6) is 5.75 Å². The summed E-state index contributed by atoms with van der Waals surface area (Å²) in [7, 11) is 1.71. The first-order valence-electron chi connectivity index (χ1n) is 8.36. The van der Waals surface area contributed by atoms with Crippen molar-refractivity contribution in [1.82, 2.24) is 4.90 Å². The summed E-state index contributed by atoms with van der Waals surface area (Å²) in [4.78, 5) is 2.52. The highest BCUT2D eigenvalue weighted by Gasteiger charge is 2.31. The zero-order chi connectivity index (χ0) is 15.4. The Morgan fingerprint density at radius 2 is 1.95 bits per heavy atom. The van der Waals surface area contributed by atoms with Crippen LogP contribution >= 0.6 is 0 Å². The number of rotatable bonds is 5. The van der Waals surface area contributed by atoms with Gasteiger partial charge in [0, 0.05) is 26.2 Å². The number of nitrogens with zero attached hydrogens (tertiary/aromatic N) is 1. The highest BCUT2D eigenvalue weighted by molar-refractivity contribution is 5.29. The van der Waals surface area contributed by atoms with Crippen LogP contribution in [-0.4, -0.2) is 57.1 Å². The Morgan fingerprint density at radius 3 is 2.64 bits per heavy atom. The average Bonchev–Trinajstić information content (AvgIpc) is 3.10. The smallest absolute Gasteiger partial charge is 0.118 e. The number of ether oxygens (including phenoxy) is 3. The quantitative estimate of drug-likeness (QED) is 0.837. The molecule has 2 heterocycles. The Kier molecular flexibility index (Phi) is 5.34. The number of benzene rings is 1. The lowest BCUT2D eigenvalue weighted by atomic mass is 9.99. The van der Waals surface area contributed by atoms with E-state index in [9.17, 15) is 0 Å². The minimum absolute atomic E-state index is 0.249. The monoisotopic (exact) mass is 305 g/mol. The van der Waals surface area contributed by atoms with E-state index in [0.29, 0.717) is 12.0 Å². The van der Waals surface area contributed by atoms with Crippen molar-refractivity contribution in [2.45, 2.75) is 37.9 Å². The van der Waals surface area contributed by atoms with Crippen LogP contribution in [0.3, 0.4) is 0 Å². The second kappa shape index (κ2) is 7.44. The molecule has 0 radical (unpaired) electrons. The highest BCUT2D eigenvalue weighted by Crippen LogP contribution is 2.24. The molecule has 0 N–H and O–H groups in total. The van der Waals surface area contributed by atoms with Gasteiger partial charge in [-0.2, -0.15) is 0 Å². The SMILES string of the molecule is COc1ccc([C@H](C)CN2CCO[C@@H]([C@@H]3CCCO3)C2)cc1. The second-order valence-electron chi connectivity index (χ2n) is 6.39. The van der Waals surface area contributed by atoms with Gasteiger partial charge in [0.1, 0.15) is 5.75 Å². The van der Waals surface area contributed by atoms with E-state index in [1.54, 1.807) is 7.11 Å². The molecule has 0 aromatic heterocycles. The predicted molar refractivity (Wildman–Crippen MR) is 86.6 cm³/mol. The van der Waals surface area contributed by atoms with E-state index in [1.165, 1.54) is 12.0 Å². The third-order valence-corrected chi connectivity index (χ3v) is 4.77. The second-order valence-corrected chi connectivity index (χ2v) is 6.39. The molecule has 4 nitrogen and oxygen atoms in total. The summed E-state index contributed by atoms with van der Waals surface area (Å²) < 4.78 is 16.9. The molecule has 2 saturated heterocycles. The number of methoxy groups -OCH3 is 1. The normalized spacial score (nSPS) is 27.7. The molecule has 2 fully saturated rings. The van der Waals surface area contributed by atoms with Crippen molar-refractivity contribution in [3.63, 3.8) is 0 Å². The fraction of sp³-hybridized carbons (Fsp3) is 0.667. The summed E-state index contributed by atoms with van der Waals surface area (Å²) >= 11 is 0. The van der Waals surface area contributed by atoms with Crippen molar-refractivity contribution < 1.29 is 14.2 Å². The molecule has 0 spiro atoms. The van der Waals surface area contributed by atoms with Gasteiger partial charge in [-0.3, -0.25) is 4.90 Å². The number of morpholine rings is 1. The lowest BCUT2D eigenvalue weighted by Crippen LogP contribution is -2.48. The first-order valence-corrected chi connectivity index (χ1v) is 8.36. The van der Waals surface area contributed by atoms with Crippen molar-refractivity contribution in [2.75, 3.05) is 40.0 Å². The van der Waals surface area contributed by atoms with Crippen molar-refractivity contribution >= 4 is 0 Å². The van der Waals surface area contributed by atoms with Gasteiger partial charge in [0.2, 0.25) is 0 Å². The number of hydrogen-bond acceptors (Lipinski definition) is 4. The van der Waals surface area contributed by atoms with Crippen LogP contribution in [-0.2, 0) is 9.47 Å². The Morgan fingerprint density at radius 1 is 1.18 bits per heavy atom. The molecule has 3 rings (SSSR count). The Labute approximate surface area is 133 Å². The lowest BCUT2D eigenvalue weighted by molar-refractivity contribution is -0.0948. The molecule has 3 atom stereocenters. The van der Waals surface area contributed by atoms with E-state index in [0.717, 1.165) is 45.0 Å². The van der Waals surface area contributed by atoms with E-state index in [4.69, 9.17) is 14.2 Å². The first kappa shape index (κ1) is 15.8. The zero-order valence-corrected chi connectivity index (χ0v) is 13.7. The maximum absolute atomic E-state index is 5.93. The molecule has 0 unspecified atom stereocenters. The van der Waals surface area contributed by atoms with Gasteiger partial charge in [-0.25, -0.2) is 0 Å².